The van der Waals surface area contributed by atoms with Crippen LogP contribution in [0.2, 0.25) is 0 Å². The quantitative estimate of drug-likeness (QED) is 0.777. The summed E-state index contributed by atoms with van der Waals surface area (Å²) in [6.45, 7) is 4.82. The van der Waals surface area contributed by atoms with Crippen LogP contribution in [0, 0.1) is 0 Å². The van der Waals surface area contributed by atoms with Gasteiger partial charge in [-0.05, 0) is 24.9 Å². The number of aromatic nitrogens is 1. The lowest BCUT2D eigenvalue weighted by molar-refractivity contribution is 0.138. The van der Waals surface area contributed by atoms with Crippen LogP contribution in [-0.4, -0.2) is 56.4 Å². The molecule has 1 fully saturated rings. The van der Waals surface area contributed by atoms with Crippen LogP contribution in [0.1, 0.15) is 18.4 Å². The summed E-state index contributed by atoms with van der Waals surface area (Å²) >= 11 is 0. The summed E-state index contributed by atoms with van der Waals surface area (Å²) < 4.78 is 10.3. The Balaban J connectivity index is 1.90. The van der Waals surface area contributed by atoms with Crippen molar-refractivity contribution in [3.8, 4) is 5.88 Å². The second-order valence-corrected chi connectivity index (χ2v) is 5.23. The summed E-state index contributed by atoms with van der Waals surface area (Å²) in [5, 5.41) is 3.55. The number of hydrogen-bond acceptors (Lipinski definition) is 5. The van der Waals surface area contributed by atoms with Crippen molar-refractivity contribution in [3.05, 3.63) is 23.9 Å². The fourth-order valence-electron chi connectivity index (χ4n) is 2.56. The number of rotatable bonds is 8. The van der Waals surface area contributed by atoms with Gasteiger partial charge in [0.15, 0.2) is 0 Å². The molecule has 1 atom stereocenters. The molecule has 0 aromatic carbocycles. The zero-order valence-corrected chi connectivity index (χ0v) is 12.5. The maximum atomic E-state index is 5.21. The summed E-state index contributed by atoms with van der Waals surface area (Å²) in [7, 11) is 3.39. The van der Waals surface area contributed by atoms with E-state index in [4.69, 9.17) is 9.47 Å². The van der Waals surface area contributed by atoms with Crippen molar-refractivity contribution in [2.45, 2.75) is 25.4 Å². The topological polar surface area (TPSA) is 46.6 Å². The second-order valence-electron chi connectivity index (χ2n) is 5.23. The third kappa shape index (κ3) is 4.74. The van der Waals surface area contributed by atoms with Crippen molar-refractivity contribution < 1.29 is 9.47 Å². The van der Waals surface area contributed by atoms with E-state index in [0.717, 1.165) is 32.8 Å². The standard InChI is InChI=1S/C15H25N3O2/c1-19-9-8-18(12-14-4-3-7-16-14)11-13-5-6-15(20-2)17-10-13/h5-6,10,14,16H,3-4,7-9,11-12H2,1-2H3. The summed E-state index contributed by atoms with van der Waals surface area (Å²) in [6, 6.07) is 4.60. The molecule has 1 N–H and O–H groups in total. The monoisotopic (exact) mass is 279 g/mol. The van der Waals surface area contributed by atoms with Gasteiger partial charge in [0.1, 0.15) is 0 Å². The molecule has 20 heavy (non-hydrogen) atoms. The van der Waals surface area contributed by atoms with E-state index in [1.165, 1.54) is 18.4 Å². The molecule has 1 unspecified atom stereocenters. The molecule has 1 saturated heterocycles. The molecule has 0 aliphatic carbocycles. The van der Waals surface area contributed by atoms with E-state index in [2.05, 4.69) is 21.3 Å². The zero-order chi connectivity index (χ0) is 14.2. The van der Waals surface area contributed by atoms with Gasteiger partial charge in [0.2, 0.25) is 5.88 Å². The highest BCUT2D eigenvalue weighted by molar-refractivity contribution is 5.17. The van der Waals surface area contributed by atoms with Crippen molar-refractivity contribution in [2.24, 2.45) is 0 Å². The van der Waals surface area contributed by atoms with Crippen molar-refractivity contribution in [1.82, 2.24) is 15.2 Å². The maximum Gasteiger partial charge on any atom is 0.212 e. The van der Waals surface area contributed by atoms with Gasteiger partial charge in [-0.15, -0.1) is 0 Å². The highest BCUT2D eigenvalue weighted by Crippen LogP contribution is 2.12. The average molecular weight is 279 g/mol. The van der Waals surface area contributed by atoms with Crippen LogP contribution in [0.5, 0.6) is 5.88 Å². The van der Waals surface area contributed by atoms with Crippen molar-refractivity contribution in [3.63, 3.8) is 0 Å². The Morgan fingerprint density at radius 3 is 2.90 bits per heavy atom. The molecule has 0 saturated carbocycles. The molecule has 1 aromatic heterocycles. The molecule has 5 nitrogen and oxygen atoms in total. The summed E-state index contributed by atoms with van der Waals surface area (Å²) in [4.78, 5) is 6.69. The minimum atomic E-state index is 0.609. The predicted molar refractivity (Wildman–Crippen MR) is 79.0 cm³/mol. The normalized spacial score (nSPS) is 18.6. The Hall–Kier alpha value is -1.17. The first-order chi connectivity index (χ1) is 9.81. The number of hydrogen-bond donors (Lipinski definition) is 1. The Morgan fingerprint density at radius 1 is 1.40 bits per heavy atom. The van der Waals surface area contributed by atoms with Crippen molar-refractivity contribution in [2.75, 3.05) is 40.5 Å². The van der Waals surface area contributed by atoms with E-state index in [1.807, 2.05) is 12.3 Å². The molecular weight excluding hydrogens is 254 g/mol. The van der Waals surface area contributed by atoms with Gasteiger partial charge in [-0.1, -0.05) is 6.07 Å². The number of methoxy groups -OCH3 is 2. The van der Waals surface area contributed by atoms with Gasteiger partial charge >= 0.3 is 0 Å². The first-order valence-corrected chi connectivity index (χ1v) is 7.25. The summed E-state index contributed by atoms with van der Waals surface area (Å²) in [5.74, 6) is 0.662. The van der Waals surface area contributed by atoms with Gasteiger partial charge in [-0.25, -0.2) is 4.98 Å². The first kappa shape index (κ1) is 15.2. The highest BCUT2D eigenvalue weighted by Gasteiger charge is 2.18. The van der Waals surface area contributed by atoms with Crippen LogP contribution in [-0.2, 0) is 11.3 Å². The smallest absolute Gasteiger partial charge is 0.212 e. The van der Waals surface area contributed by atoms with Crippen LogP contribution in [0.3, 0.4) is 0 Å². The number of ether oxygens (including phenoxy) is 2. The summed E-state index contributed by atoms with van der Waals surface area (Å²) in [6.07, 6.45) is 4.44. The van der Waals surface area contributed by atoms with Crippen LogP contribution in [0.25, 0.3) is 0 Å². The van der Waals surface area contributed by atoms with Crippen molar-refractivity contribution >= 4 is 0 Å². The predicted octanol–water partition coefficient (Wildman–Crippen LogP) is 1.29. The molecule has 1 aromatic rings. The molecule has 2 rings (SSSR count). The van der Waals surface area contributed by atoms with Gasteiger partial charge in [-0.3, -0.25) is 4.90 Å². The zero-order valence-electron chi connectivity index (χ0n) is 12.5. The van der Waals surface area contributed by atoms with Crippen LogP contribution >= 0.6 is 0 Å². The average Bonchev–Trinajstić information content (AvgIpc) is 2.98. The molecule has 0 bridgehead atoms. The third-order valence-electron chi connectivity index (χ3n) is 3.67. The minimum absolute atomic E-state index is 0.609. The molecule has 2 heterocycles. The Labute approximate surface area is 121 Å². The van der Waals surface area contributed by atoms with Crippen LogP contribution < -0.4 is 10.1 Å². The van der Waals surface area contributed by atoms with E-state index in [9.17, 15) is 0 Å². The fourth-order valence-corrected chi connectivity index (χ4v) is 2.56. The van der Waals surface area contributed by atoms with E-state index >= 15 is 0 Å². The lowest BCUT2D eigenvalue weighted by Gasteiger charge is -2.25. The van der Waals surface area contributed by atoms with E-state index in [1.54, 1.807) is 14.2 Å². The Kier molecular flexibility index (Phi) is 6.24. The SMILES string of the molecule is COCCN(Cc1ccc(OC)nc1)CC1CCCN1. The van der Waals surface area contributed by atoms with E-state index < -0.39 is 0 Å². The molecule has 5 heteroatoms. The van der Waals surface area contributed by atoms with Gasteiger partial charge in [0, 0.05) is 45.0 Å². The first-order valence-electron chi connectivity index (χ1n) is 7.25. The molecule has 1 aliphatic heterocycles. The lowest BCUT2D eigenvalue weighted by atomic mass is 10.2. The lowest BCUT2D eigenvalue weighted by Crippen LogP contribution is -2.38. The minimum Gasteiger partial charge on any atom is -0.481 e. The Morgan fingerprint density at radius 2 is 2.30 bits per heavy atom. The molecule has 1 aliphatic rings. The largest absolute Gasteiger partial charge is 0.481 e. The fraction of sp³-hybridized carbons (Fsp3) is 0.667. The molecule has 0 radical (unpaired) electrons. The number of pyridine rings is 1. The van der Waals surface area contributed by atoms with Crippen molar-refractivity contribution in [1.29, 1.82) is 0 Å². The third-order valence-corrected chi connectivity index (χ3v) is 3.67. The Bertz CT molecular complexity index is 377. The van der Waals surface area contributed by atoms with Gasteiger partial charge in [-0.2, -0.15) is 0 Å². The van der Waals surface area contributed by atoms with E-state index in [0.29, 0.717) is 11.9 Å². The van der Waals surface area contributed by atoms with Gasteiger partial charge in [0.25, 0.3) is 0 Å². The highest BCUT2D eigenvalue weighted by atomic mass is 16.5. The molecule has 112 valence electrons. The molecule has 0 spiro atoms. The summed E-state index contributed by atoms with van der Waals surface area (Å²) in [5.41, 5.74) is 1.21. The van der Waals surface area contributed by atoms with Gasteiger partial charge in [0.05, 0.1) is 13.7 Å². The van der Waals surface area contributed by atoms with Gasteiger partial charge < -0.3 is 14.8 Å². The van der Waals surface area contributed by atoms with Crippen LogP contribution in [0.15, 0.2) is 18.3 Å². The second kappa shape index (κ2) is 8.19. The van der Waals surface area contributed by atoms with Crippen LogP contribution in [0.4, 0.5) is 0 Å². The number of nitrogens with one attached hydrogen (secondary N) is 1. The molecular formula is C15H25N3O2. The number of nitrogens with zero attached hydrogens (tertiary/aromatic N) is 2. The van der Waals surface area contributed by atoms with E-state index in [-0.39, 0.29) is 0 Å². The molecule has 0 amide bonds. The maximum absolute atomic E-state index is 5.21.